The highest BCUT2D eigenvalue weighted by Crippen LogP contribution is 2.66. The van der Waals surface area contributed by atoms with E-state index in [9.17, 15) is 9.59 Å². The maximum atomic E-state index is 13.6. The Labute approximate surface area is 299 Å². The third-order valence-electron chi connectivity index (χ3n) is 10.2. The van der Waals surface area contributed by atoms with Crippen LogP contribution < -0.4 is 19.8 Å². The number of ether oxygens (including phenoxy) is 4. The van der Waals surface area contributed by atoms with Gasteiger partial charge in [-0.3, -0.25) is 10.2 Å². The van der Waals surface area contributed by atoms with E-state index in [2.05, 4.69) is 15.2 Å². The van der Waals surface area contributed by atoms with Gasteiger partial charge < -0.3 is 18.9 Å². The lowest BCUT2D eigenvalue weighted by Crippen LogP contribution is -2.36. The monoisotopic (exact) mass is 722 g/mol. The number of piperidine rings is 3. The summed E-state index contributed by atoms with van der Waals surface area (Å²) in [6.07, 6.45) is 5.21. The molecule has 12 heteroatoms. The topological polar surface area (TPSA) is 100 Å². The molecule has 6 atom stereocenters. The standard InChI is InChI=1S/C37H37Cl2N3O6S/c1-45-29-10-8-23(14-31(29)46-2)30(15-26-27(38)18-40-19-28(26)39)48-35(43)32-11-9-25(49-32)17-41-34(22-6-4-3-5-7-22)36(44)47-21-24-20-42-13-12-37(24)16-33(37)42/h3-11,14,18-19,24,30,33-34,41H,12-13,15-17,20-21H2,1-2H3/p+1/t24-,30-,33?,34?,37?/m0/s1. The molecule has 0 amide bonds. The molecule has 2 aromatic heterocycles. The molecule has 4 aromatic rings. The maximum absolute atomic E-state index is 13.6. The number of nitrogens with zero attached hydrogens (tertiary/aromatic N) is 1. The molecule has 2 aliphatic heterocycles. The van der Waals surface area contributed by atoms with E-state index < -0.39 is 18.1 Å². The van der Waals surface area contributed by atoms with Gasteiger partial charge in [0.2, 0.25) is 0 Å². The largest absolute Gasteiger partial charge is 0.493 e. The highest BCUT2D eigenvalue weighted by Gasteiger charge is 2.69. The van der Waals surface area contributed by atoms with E-state index in [1.165, 1.54) is 30.7 Å². The highest BCUT2D eigenvalue weighted by molar-refractivity contribution is 7.13. The molecule has 9 nitrogen and oxygen atoms in total. The predicted octanol–water partition coefficient (Wildman–Crippen LogP) is 6.50. The van der Waals surface area contributed by atoms with E-state index in [4.69, 9.17) is 42.1 Å². The van der Waals surface area contributed by atoms with Gasteiger partial charge in [0.1, 0.15) is 27.1 Å². The van der Waals surface area contributed by atoms with Crippen LogP contribution in [0.15, 0.2) is 73.1 Å². The molecule has 2 saturated heterocycles. The fourth-order valence-corrected chi connectivity index (χ4v) is 8.85. The number of halogens is 2. The molecule has 4 unspecified atom stereocenters. The number of nitrogens with one attached hydrogen (secondary N) is 2. The summed E-state index contributed by atoms with van der Waals surface area (Å²) in [5.74, 6) is 0.675. The van der Waals surface area contributed by atoms with Crippen molar-refractivity contribution in [1.29, 1.82) is 0 Å². The number of benzene rings is 2. The number of carbonyl (C=O) groups excluding carboxylic acids is 2. The van der Waals surface area contributed by atoms with Gasteiger partial charge in [-0.15, -0.1) is 11.3 Å². The molecule has 3 fully saturated rings. The SMILES string of the molecule is COc1ccc([C@H](Cc2c(Cl)c[nH+]cc2Cl)OC(=O)c2ccc(CNC(C(=O)OC[C@@H]3CN4CCC35CC45)c3ccccc3)s2)cc1OC. The summed E-state index contributed by atoms with van der Waals surface area (Å²) in [6.45, 7) is 3.00. The van der Waals surface area contributed by atoms with Gasteiger partial charge >= 0.3 is 11.9 Å². The molecule has 3 aliphatic rings. The van der Waals surface area contributed by atoms with Crippen LogP contribution in [0.5, 0.6) is 11.5 Å². The van der Waals surface area contributed by atoms with E-state index in [0.29, 0.717) is 68.1 Å². The molecule has 2 aromatic carbocycles. The summed E-state index contributed by atoms with van der Waals surface area (Å²) in [6, 6.07) is 18.6. The lowest BCUT2D eigenvalue weighted by molar-refractivity contribution is -0.377. The molecule has 1 aliphatic carbocycles. The number of esters is 2. The summed E-state index contributed by atoms with van der Waals surface area (Å²) >= 11 is 14.3. The van der Waals surface area contributed by atoms with Crippen molar-refractivity contribution in [2.75, 3.05) is 33.9 Å². The van der Waals surface area contributed by atoms with Gasteiger partial charge in [0.25, 0.3) is 0 Å². The first-order chi connectivity index (χ1) is 23.8. The number of aromatic amines is 1. The van der Waals surface area contributed by atoms with Crippen molar-refractivity contribution >= 4 is 46.5 Å². The smallest absolute Gasteiger partial charge is 0.348 e. The van der Waals surface area contributed by atoms with Crippen molar-refractivity contribution in [3.05, 3.63) is 110 Å². The summed E-state index contributed by atoms with van der Waals surface area (Å²) < 4.78 is 23.0. The van der Waals surface area contributed by atoms with Gasteiger partial charge in [-0.1, -0.05) is 59.6 Å². The Morgan fingerprint density at radius 1 is 1.02 bits per heavy atom. The number of H-pyrrole nitrogens is 1. The van der Waals surface area contributed by atoms with E-state index in [1.54, 1.807) is 44.8 Å². The summed E-state index contributed by atoms with van der Waals surface area (Å²) in [5, 5.41) is 4.24. The van der Waals surface area contributed by atoms with Gasteiger partial charge in [0.05, 0.1) is 20.8 Å². The number of rotatable bonds is 14. The molecular weight excluding hydrogens is 685 g/mol. The minimum atomic E-state index is -0.733. The van der Waals surface area contributed by atoms with Gasteiger partial charge in [-0.25, -0.2) is 14.6 Å². The third-order valence-corrected chi connectivity index (χ3v) is 11.9. The Balaban J connectivity index is 1.04. The van der Waals surface area contributed by atoms with Gasteiger partial charge in [-0.2, -0.15) is 0 Å². The first-order valence-electron chi connectivity index (χ1n) is 16.3. The second-order valence-electron chi connectivity index (χ2n) is 12.9. The number of hydrogen-bond acceptors (Lipinski definition) is 9. The first kappa shape index (κ1) is 33.8. The number of aromatic nitrogens is 1. The number of pyridine rings is 1. The van der Waals surface area contributed by atoms with Crippen molar-refractivity contribution in [3.8, 4) is 11.5 Å². The van der Waals surface area contributed by atoms with Crippen molar-refractivity contribution in [2.24, 2.45) is 11.3 Å². The van der Waals surface area contributed by atoms with Crippen LogP contribution in [0, 0.1) is 11.3 Å². The fraction of sp³-hybridized carbons (Fsp3) is 0.378. The first-order valence-corrected chi connectivity index (χ1v) is 17.9. The van der Waals surface area contributed by atoms with Gasteiger partial charge in [0, 0.05) is 41.9 Å². The van der Waals surface area contributed by atoms with Gasteiger partial charge in [0.15, 0.2) is 23.9 Å². The van der Waals surface area contributed by atoms with Crippen LogP contribution in [-0.2, 0) is 27.2 Å². The predicted molar refractivity (Wildman–Crippen MR) is 186 cm³/mol. The van der Waals surface area contributed by atoms with E-state index in [0.717, 1.165) is 17.0 Å². The Morgan fingerprint density at radius 3 is 2.47 bits per heavy atom. The Bertz CT molecular complexity index is 1820. The highest BCUT2D eigenvalue weighted by atomic mass is 35.5. The molecule has 7 rings (SSSR count). The summed E-state index contributed by atoms with van der Waals surface area (Å²) in [4.78, 5) is 33.8. The normalized spacial score (nSPS) is 23.0. The minimum absolute atomic E-state index is 0.231. The number of hydrogen-bond donors (Lipinski definition) is 1. The van der Waals surface area contributed by atoms with Crippen LogP contribution in [0.4, 0.5) is 0 Å². The van der Waals surface area contributed by atoms with Crippen molar-refractivity contribution in [3.63, 3.8) is 0 Å². The summed E-state index contributed by atoms with van der Waals surface area (Å²) in [5.41, 5.74) is 2.53. The van der Waals surface area contributed by atoms with E-state index in [1.807, 2.05) is 42.5 Å². The zero-order chi connectivity index (χ0) is 34.1. The van der Waals surface area contributed by atoms with Crippen LogP contribution in [0.1, 0.15) is 56.2 Å². The van der Waals surface area contributed by atoms with Crippen molar-refractivity contribution in [1.82, 2.24) is 10.2 Å². The Morgan fingerprint density at radius 2 is 1.80 bits per heavy atom. The van der Waals surface area contributed by atoms with Crippen LogP contribution in [0.2, 0.25) is 10.0 Å². The zero-order valence-electron chi connectivity index (χ0n) is 27.2. The number of thiophene rings is 1. The molecule has 4 heterocycles. The molecule has 2 N–H and O–H groups in total. The molecule has 0 spiro atoms. The molecule has 0 radical (unpaired) electrons. The number of carbonyl (C=O) groups is 2. The van der Waals surface area contributed by atoms with Crippen molar-refractivity contribution in [2.45, 2.75) is 44.0 Å². The second-order valence-corrected chi connectivity index (χ2v) is 14.8. The molecule has 49 heavy (non-hydrogen) atoms. The Hall–Kier alpha value is -3.67. The van der Waals surface area contributed by atoms with Crippen molar-refractivity contribution < 1.29 is 33.5 Å². The molecular formula is C37H38Cl2N3O6S+. The maximum Gasteiger partial charge on any atom is 0.348 e. The zero-order valence-corrected chi connectivity index (χ0v) is 29.6. The van der Waals surface area contributed by atoms with Gasteiger partial charge in [-0.05, 0) is 60.2 Å². The van der Waals surface area contributed by atoms with E-state index in [-0.39, 0.29) is 12.4 Å². The number of methoxy groups -OCH3 is 2. The fourth-order valence-electron chi connectivity index (χ4n) is 7.47. The molecule has 1 saturated carbocycles. The average molecular weight is 724 g/mol. The van der Waals surface area contributed by atoms with Crippen LogP contribution in [0.3, 0.4) is 0 Å². The minimum Gasteiger partial charge on any atom is -0.493 e. The molecule has 2 bridgehead atoms. The quantitative estimate of drug-likeness (QED) is 0.147. The van der Waals surface area contributed by atoms with Crippen LogP contribution >= 0.6 is 34.5 Å². The second kappa shape index (κ2) is 14.3. The van der Waals surface area contributed by atoms with Crippen LogP contribution in [0.25, 0.3) is 0 Å². The summed E-state index contributed by atoms with van der Waals surface area (Å²) in [7, 11) is 3.11. The third kappa shape index (κ3) is 6.90. The lowest BCUT2D eigenvalue weighted by Gasteiger charge is -2.29. The van der Waals surface area contributed by atoms with E-state index >= 15 is 0 Å². The average Bonchev–Trinajstić information content (AvgIpc) is 3.37. The lowest BCUT2D eigenvalue weighted by atomic mass is 9.87. The molecule has 256 valence electrons. The Kier molecular flexibility index (Phi) is 9.86. The van der Waals surface area contributed by atoms with Crippen LogP contribution in [-0.4, -0.2) is 56.8 Å².